The Labute approximate surface area is 266 Å². The Morgan fingerprint density at radius 3 is 2.17 bits per heavy atom. The van der Waals surface area contributed by atoms with Crippen LogP contribution in [0.2, 0.25) is 0 Å². The van der Waals surface area contributed by atoms with Crippen LogP contribution in [0, 0.1) is 5.92 Å². The van der Waals surface area contributed by atoms with Crippen LogP contribution < -0.4 is 14.9 Å². The molecule has 0 bridgehead atoms. The lowest BCUT2D eigenvalue weighted by molar-refractivity contribution is -0.277. The highest BCUT2D eigenvalue weighted by Crippen LogP contribution is 2.38. The number of aliphatic hydroxyl groups is 6. The second kappa shape index (κ2) is 13.6. The Bertz CT molecular complexity index is 1640. The van der Waals surface area contributed by atoms with Gasteiger partial charge in [-0.1, -0.05) is 13.8 Å². The summed E-state index contributed by atoms with van der Waals surface area (Å²) in [6.45, 7) is 3.87. The van der Waals surface area contributed by atoms with Crippen molar-refractivity contribution >= 4 is 16.9 Å². The number of esters is 1. The molecule has 3 heterocycles. The summed E-state index contributed by atoms with van der Waals surface area (Å²) in [5.41, 5.74) is -1.05. The van der Waals surface area contributed by atoms with E-state index in [0.29, 0.717) is 0 Å². The lowest BCUT2D eigenvalue weighted by Crippen LogP contribution is -2.60. The van der Waals surface area contributed by atoms with Gasteiger partial charge in [0.05, 0.1) is 18.6 Å². The number of fused-ring (bicyclic) bond motifs is 1. The number of ether oxygens (including phenoxy) is 5. The first-order valence-corrected chi connectivity index (χ1v) is 14.7. The van der Waals surface area contributed by atoms with Crippen LogP contribution in [0.5, 0.6) is 23.0 Å². The number of carbonyl (C=O) groups excluding carboxylic acids is 1. The third-order valence-corrected chi connectivity index (χ3v) is 7.88. The van der Waals surface area contributed by atoms with Crippen LogP contribution in [-0.2, 0) is 19.0 Å². The molecule has 47 heavy (non-hydrogen) atoms. The number of hydrogen-bond acceptors (Lipinski definition) is 16. The van der Waals surface area contributed by atoms with E-state index in [9.17, 15) is 50.4 Å². The summed E-state index contributed by atoms with van der Waals surface area (Å²) in [5.74, 6) is -3.06. The molecule has 2 fully saturated rings. The van der Waals surface area contributed by atoms with Gasteiger partial charge in [-0.15, -0.1) is 0 Å². The zero-order valence-electron chi connectivity index (χ0n) is 25.4. The van der Waals surface area contributed by atoms with Gasteiger partial charge in [0.15, 0.2) is 18.0 Å². The summed E-state index contributed by atoms with van der Waals surface area (Å²) in [5, 5.41) is 82.2. The molecule has 16 heteroatoms. The molecular formula is C31H36O16. The molecule has 0 amide bonds. The summed E-state index contributed by atoms with van der Waals surface area (Å²) < 4.78 is 33.7. The number of phenols is 2. The van der Waals surface area contributed by atoms with E-state index in [0.717, 1.165) is 6.07 Å². The van der Waals surface area contributed by atoms with Crippen molar-refractivity contribution in [2.45, 2.75) is 82.2 Å². The molecule has 2 aromatic carbocycles. The third-order valence-electron chi connectivity index (χ3n) is 7.88. The van der Waals surface area contributed by atoms with Crippen LogP contribution in [0.3, 0.4) is 0 Å². The van der Waals surface area contributed by atoms with Crippen LogP contribution >= 0.6 is 0 Å². The molecule has 2 aliphatic rings. The molecule has 1 aromatic heterocycles. The highest BCUT2D eigenvalue weighted by atomic mass is 16.7. The Balaban J connectivity index is 1.54. The highest BCUT2D eigenvalue weighted by molar-refractivity contribution is 5.88. The minimum atomic E-state index is -1.88. The molecule has 3 aromatic rings. The topological polar surface area (TPSA) is 255 Å². The molecule has 2 aliphatic heterocycles. The van der Waals surface area contributed by atoms with Crippen LogP contribution in [0.25, 0.3) is 22.3 Å². The molecule has 8 N–H and O–H groups in total. The van der Waals surface area contributed by atoms with Gasteiger partial charge in [0.25, 0.3) is 0 Å². The zero-order valence-corrected chi connectivity index (χ0v) is 25.4. The maximum atomic E-state index is 13.8. The first-order valence-electron chi connectivity index (χ1n) is 14.7. The summed E-state index contributed by atoms with van der Waals surface area (Å²) in [6, 6.07) is 7.52. The van der Waals surface area contributed by atoms with E-state index in [2.05, 4.69) is 0 Å². The van der Waals surface area contributed by atoms with E-state index < -0.39 is 102 Å². The second-order valence-corrected chi connectivity index (χ2v) is 11.6. The van der Waals surface area contributed by atoms with Crippen molar-refractivity contribution in [3.63, 3.8) is 0 Å². The highest BCUT2D eigenvalue weighted by Gasteiger charge is 2.47. The number of aromatic hydroxyl groups is 2. The molecule has 0 saturated carbocycles. The molecule has 0 radical (unpaired) electrons. The summed E-state index contributed by atoms with van der Waals surface area (Å²) in [7, 11) is 0. The zero-order chi connectivity index (χ0) is 34.3. The SMILES string of the molecule is CC(C)C(=O)OC1C(O)C(C)OC(Oc2cc(O)c3c(=O)c(OC4OC(CO)C(O)C(O)C4O)c(-c4ccc(O)cc4)oc3c2)C1O. The van der Waals surface area contributed by atoms with Crippen LogP contribution in [0.15, 0.2) is 45.6 Å². The number of phenolic OH excluding ortho intramolecular Hbond substituents is 2. The van der Waals surface area contributed by atoms with Crippen molar-refractivity contribution in [2.24, 2.45) is 5.92 Å². The maximum absolute atomic E-state index is 13.8. The number of rotatable bonds is 8. The maximum Gasteiger partial charge on any atom is 0.308 e. The summed E-state index contributed by atoms with van der Waals surface area (Å²) in [4.78, 5) is 26.1. The standard InChI is InChI=1S/C31H36O16/c1-11(2)29(41)46-27-20(35)12(3)42-31(25(27)40)43-15-8-16(34)19-17(9-15)44-26(13-4-6-14(33)7-5-13)28(22(19)37)47-30-24(39)23(38)21(36)18(10-32)45-30/h4-9,11-12,18,20-21,23-25,27,30-36,38-40H,10H2,1-3H3. The van der Waals surface area contributed by atoms with Gasteiger partial charge < -0.3 is 69.0 Å². The average Bonchev–Trinajstić information content (AvgIpc) is 3.03. The van der Waals surface area contributed by atoms with Gasteiger partial charge in [-0.25, -0.2) is 0 Å². The van der Waals surface area contributed by atoms with E-state index in [1.165, 1.54) is 37.3 Å². The number of hydrogen-bond donors (Lipinski definition) is 8. The van der Waals surface area contributed by atoms with Crippen LogP contribution in [-0.4, -0.2) is 115 Å². The van der Waals surface area contributed by atoms with E-state index in [4.69, 9.17) is 28.1 Å². The Morgan fingerprint density at radius 2 is 1.53 bits per heavy atom. The second-order valence-electron chi connectivity index (χ2n) is 11.6. The minimum absolute atomic E-state index is 0.121. The lowest BCUT2D eigenvalue weighted by Gasteiger charge is -2.40. The summed E-state index contributed by atoms with van der Waals surface area (Å²) >= 11 is 0. The number of benzene rings is 2. The van der Waals surface area contributed by atoms with E-state index in [1.807, 2.05) is 0 Å². The Kier molecular flexibility index (Phi) is 9.95. The van der Waals surface area contributed by atoms with Crippen molar-refractivity contribution in [1.29, 1.82) is 0 Å². The van der Waals surface area contributed by atoms with Crippen molar-refractivity contribution in [2.75, 3.05) is 6.61 Å². The third kappa shape index (κ3) is 6.72. The summed E-state index contributed by atoms with van der Waals surface area (Å²) in [6.07, 6.45) is -15.5. The normalized spacial score (nSPS) is 31.1. The van der Waals surface area contributed by atoms with Crippen molar-refractivity contribution in [1.82, 2.24) is 0 Å². The smallest absolute Gasteiger partial charge is 0.308 e. The molecule has 16 nitrogen and oxygen atoms in total. The van der Waals surface area contributed by atoms with Gasteiger partial charge in [0, 0.05) is 17.7 Å². The fourth-order valence-corrected chi connectivity index (χ4v) is 5.15. The predicted octanol–water partition coefficient (Wildman–Crippen LogP) is -0.537. The number of aliphatic hydroxyl groups excluding tert-OH is 6. The fraction of sp³-hybridized carbons (Fsp3) is 0.484. The molecule has 0 aliphatic carbocycles. The largest absolute Gasteiger partial charge is 0.508 e. The Hall–Kier alpha value is -4.00. The molecule has 0 spiro atoms. The molecule has 256 valence electrons. The number of carbonyl (C=O) groups is 1. The monoisotopic (exact) mass is 664 g/mol. The van der Waals surface area contributed by atoms with Crippen molar-refractivity contribution in [3.05, 3.63) is 46.6 Å². The molecule has 10 atom stereocenters. The van der Waals surface area contributed by atoms with Crippen LogP contribution in [0.1, 0.15) is 20.8 Å². The molecule has 2 saturated heterocycles. The van der Waals surface area contributed by atoms with E-state index in [-0.39, 0.29) is 28.4 Å². The fourth-order valence-electron chi connectivity index (χ4n) is 5.15. The van der Waals surface area contributed by atoms with Gasteiger partial charge in [-0.3, -0.25) is 9.59 Å². The van der Waals surface area contributed by atoms with E-state index >= 15 is 0 Å². The molecule has 10 unspecified atom stereocenters. The first kappa shape index (κ1) is 34.3. The minimum Gasteiger partial charge on any atom is -0.508 e. The van der Waals surface area contributed by atoms with Gasteiger partial charge >= 0.3 is 5.97 Å². The van der Waals surface area contributed by atoms with Crippen molar-refractivity contribution < 1.29 is 73.7 Å². The molecule has 5 rings (SSSR count). The van der Waals surface area contributed by atoms with E-state index in [1.54, 1.807) is 13.8 Å². The molecular weight excluding hydrogens is 628 g/mol. The van der Waals surface area contributed by atoms with Gasteiger partial charge in [-0.2, -0.15) is 0 Å². The predicted molar refractivity (Wildman–Crippen MR) is 157 cm³/mol. The lowest BCUT2D eigenvalue weighted by atomic mass is 9.99. The van der Waals surface area contributed by atoms with Crippen LogP contribution in [0.4, 0.5) is 0 Å². The van der Waals surface area contributed by atoms with Gasteiger partial charge in [-0.05, 0) is 31.2 Å². The quantitative estimate of drug-likeness (QED) is 0.141. The average molecular weight is 665 g/mol. The van der Waals surface area contributed by atoms with Crippen molar-refractivity contribution in [3.8, 4) is 34.3 Å². The van der Waals surface area contributed by atoms with Gasteiger partial charge in [0.1, 0.15) is 58.7 Å². The first-order chi connectivity index (χ1) is 22.2. The van der Waals surface area contributed by atoms with Gasteiger partial charge in [0.2, 0.25) is 23.8 Å². The Morgan fingerprint density at radius 1 is 0.872 bits per heavy atom.